The highest BCUT2D eigenvalue weighted by molar-refractivity contribution is 5.91. The van der Waals surface area contributed by atoms with Crippen LogP contribution in [0, 0.1) is 5.41 Å². The topological polar surface area (TPSA) is 100 Å². The normalized spacial score (nSPS) is 13.7. The van der Waals surface area contributed by atoms with Crippen LogP contribution in [0.3, 0.4) is 0 Å². The Morgan fingerprint density at radius 2 is 1.76 bits per heavy atom. The monoisotopic (exact) mass is 401 g/mol. The number of para-hydroxylation sites is 1. The summed E-state index contributed by atoms with van der Waals surface area (Å²) < 4.78 is 1.97. The summed E-state index contributed by atoms with van der Waals surface area (Å²) in [5, 5.41) is 15.8. The third-order valence-electron chi connectivity index (χ3n) is 4.90. The molecule has 0 aliphatic carbocycles. The second-order valence-electron chi connectivity index (χ2n) is 8.74. The number of rotatable bonds is 8. The number of nitrogens with one attached hydrogen (secondary N) is 2. The van der Waals surface area contributed by atoms with Gasteiger partial charge in [0.15, 0.2) is 0 Å². The van der Waals surface area contributed by atoms with Crippen molar-refractivity contribution >= 4 is 28.7 Å². The summed E-state index contributed by atoms with van der Waals surface area (Å²) in [6.45, 7) is 7.41. The van der Waals surface area contributed by atoms with Crippen LogP contribution in [0.5, 0.6) is 0 Å². The molecular formula is C22H31N3O4. The summed E-state index contributed by atoms with van der Waals surface area (Å²) in [5.41, 5.74) is 1.90. The number of amides is 2. The molecule has 2 atom stereocenters. The van der Waals surface area contributed by atoms with E-state index in [1.54, 1.807) is 0 Å². The van der Waals surface area contributed by atoms with E-state index >= 15 is 0 Å². The number of aromatic nitrogens is 1. The predicted molar refractivity (Wildman–Crippen MR) is 112 cm³/mol. The van der Waals surface area contributed by atoms with Crippen LogP contribution >= 0.6 is 0 Å². The summed E-state index contributed by atoms with van der Waals surface area (Å²) in [5.74, 6) is -1.91. The quantitative estimate of drug-likeness (QED) is 0.633. The number of benzene rings is 1. The molecule has 0 aliphatic rings. The Hall–Kier alpha value is -2.83. The maximum Gasteiger partial charge on any atom is 0.326 e. The fourth-order valence-electron chi connectivity index (χ4n) is 3.37. The Labute approximate surface area is 171 Å². The van der Waals surface area contributed by atoms with Crippen molar-refractivity contribution in [2.75, 3.05) is 0 Å². The molecule has 1 aromatic carbocycles. The fourth-order valence-corrected chi connectivity index (χ4v) is 3.37. The molecule has 0 fully saturated rings. The lowest BCUT2D eigenvalue weighted by Gasteiger charge is -2.24. The van der Waals surface area contributed by atoms with Gasteiger partial charge in [0, 0.05) is 37.5 Å². The zero-order valence-corrected chi connectivity index (χ0v) is 17.8. The summed E-state index contributed by atoms with van der Waals surface area (Å²) in [4.78, 5) is 36.2. The van der Waals surface area contributed by atoms with E-state index < -0.39 is 24.0 Å². The number of aliphatic carboxylic acids is 1. The highest BCUT2D eigenvalue weighted by atomic mass is 16.4. The molecule has 0 aliphatic heterocycles. The van der Waals surface area contributed by atoms with Gasteiger partial charge in [-0.2, -0.15) is 0 Å². The molecule has 0 radical (unpaired) electrons. The molecule has 2 amide bonds. The van der Waals surface area contributed by atoms with Crippen LogP contribution < -0.4 is 10.6 Å². The molecule has 2 aromatic rings. The minimum Gasteiger partial charge on any atom is -0.480 e. The summed E-state index contributed by atoms with van der Waals surface area (Å²) in [7, 11) is 1.92. The van der Waals surface area contributed by atoms with Crippen molar-refractivity contribution < 1.29 is 19.5 Å². The average molecular weight is 402 g/mol. The van der Waals surface area contributed by atoms with Gasteiger partial charge >= 0.3 is 5.97 Å². The van der Waals surface area contributed by atoms with E-state index in [0.29, 0.717) is 12.8 Å². The number of aryl methyl sites for hydroxylation is 1. The second kappa shape index (κ2) is 9.11. The maximum absolute atomic E-state index is 12.9. The van der Waals surface area contributed by atoms with Gasteiger partial charge in [0.05, 0.1) is 0 Å². The number of hydrogen-bond acceptors (Lipinski definition) is 3. The van der Waals surface area contributed by atoms with Crippen LogP contribution in [0.4, 0.5) is 0 Å². The third-order valence-corrected chi connectivity index (χ3v) is 4.90. The van der Waals surface area contributed by atoms with Crippen LogP contribution in [-0.2, 0) is 27.9 Å². The molecule has 2 rings (SSSR count). The molecule has 7 heteroatoms. The maximum atomic E-state index is 12.9. The predicted octanol–water partition coefficient (Wildman–Crippen LogP) is 2.62. The first kappa shape index (κ1) is 22.5. The van der Waals surface area contributed by atoms with Gasteiger partial charge in [-0.25, -0.2) is 4.79 Å². The molecule has 1 aromatic heterocycles. The van der Waals surface area contributed by atoms with Crippen molar-refractivity contribution in [1.82, 2.24) is 15.2 Å². The lowest BCUT2D eigenvalue weighted by Crippen LogP contribution is -2.52. The van der Waals surface area contributed by atoms with E-state index in [1.165, 1.54) is 6.92 Å². The molecule has 0 bridgehead atoms. The molecule has 1 heterocycles. The highest BCUT2D eigenvalue weighted by Gasteiger charge is 2.28. The lowest BCUT2D eigenvalue weighted by atomic mass is 9.88. The number of carbonyl (C=O) groups is 3. The van der Waals surface area contributed by atoms with Crippen LogP contribution in [0.1, 0.15) is 46.1 Å². The molecule has 29 heavy (non-hydrogen) atoms. The van der Waals surface area contributed by atoms with Gasteiger partial charge in [0.2, 0.25) is 11.8 Å². The Bertz CT molecular complexity index is 895. The van der Waals surface area contributed by atoms with Crippen LogP contribution in [0.2, 0.25) is 0 Å². The summed E-state index contributed by atoms with van der Waals surface area (Å²) in [6, 6.07) is 5.97. The third kappa shape index (κ3) is 6.34. The first-order chi connectivity index (χ1) is 13.5. The van der Waals surface area contributed by atoms with Crippen LogP contribution in [0.15, 0.2) is 30.5 Å². The van der Waals surface area contributed by atoms with Gasteiger partial charge in [-0.3, -0.25) is 9.59 Å². The summed E-state index contributed by atoms with van der Waals surface area (Å²) in [6.07, 6.45) is 3.18. The molecule has 0 saturated heterocycles. The van der Waals surface area contributed by atoms with Gasteiger partial charge in [0.1, 0.15) is 12.1 Å². The minimum atomic E-state index is -1.07. The number of fused-ring (bicyclic) bond motifs is 1. The number of hydrogen-bond donors (Lipinski definition) is 3. The number of carboxylic acids is 1. The van der Waals surface area contributed by atoms with Gasteiger partial charge in [-0.15, -0.1) is 0 Å². The van der Waals surface area contributed by atoms with E-state index in [0.717, 1.165) is 16.5 Å². The van der Waals surface area contributed by atoms with Gasteiger partial charge in [0.25, 0.3) is 0 Å². The van der Waals surface area contributed by atoms with Gasteiger partial charge in [-0.05, 0) is 29.9 Å². The Morgan fingerprint density at radius 1 is 1.10 bits per heavy atom. The highest BCUT2D eigenvalue weighted by Crippen LogP contribution is 2.23. The number of nitrogens with zero attached hydrogens (tertiary/aromatic N) is 1. The van der Waals surface area contributed by atoms with Crippen LogP contribution in [0.25, 0.3) is 10.9 Å². The van der Waals surface area contributed by atoms with E-state index in [-0.39, 0.29) is 17.7 Å². The first-order valence-electron chi connectivity index (χ1n) is 9.81. The number of carbonyl (C=O) groups excluding carboxylic acids is 2. The van der Waals surface area contributed by atoms with Crippen molar-refractivity contribution in [3.63, 3.8) is 0 Å². The smallest absolute Gasteiger partial charge is 0.326 e. The molecule has 7 nitrogen and oxygen atoms in total. The Morgan fingerprint density at radius 3 is 2.34 bits per heavy atom. The van der Waals surface area contributed by atoms with Gasteiger partial charge in [-0.1, -0.05) is 39.0 Å². The fraction of sp³-hybridized carbons (Fsp3) is 0.500. The zero-order valence-electron chi connectivity index (χ0n) is 17.8. The van der Waals surface area contributed by atoms with Crippen LogP contribution in [-0.4, -0.2) is 39.5 Å². The van der Waals surface area contributed by atoms with Crippen molar-refractivity contribution in [2.45, 2.75) is 59.0 Å². The molecule has 158 valence electrons. The summed E-state index contributed by atoms with van der Waals surface area (Å²) >= 11 is 0. The average Bonchev–Trinajstić information content (AvgIpc) is 2.92. The molecule has 3 N–H and O–H groups in total. The Kier molecular flexibility index (Phi) is 7.06. The van der Waals surface area contributed by atoms with E-state index in [1.807, 2.05) is 62.8 Å². The Balaban J connectivity index is 2.20. The van der Waals surface area contributed by atoms with E-state index in [9.17, 15) is 19.5 Å². The van der Waals surface area contributed by atoms with Crippen molar-refractivity contribution in [2.24, 2.45) is 12.5 Å². The zero-order chi connectivity index (χ0) is 21.8. The van der Waals surface area contributed by atoms with Crippen molar-refractivity contribution in [3.8, 4) is 0 Å². The standard InChI is InChI=1S/C22H31N3O4/c1-14(26)23-18(12-15-13-25(5)19-9-7-6-8-16(15)19)20(27)24-17(21(28)29)10-11-22(2,3)4/h6-9,13,17-18H,10-12H2,1-5H3,(H,23,26)(H,24,27)(H,28,29)/t17?,18-/m0/s1. The minimum absolute atomic E-state index is 0.0432. The van der Waals surface area contributed by atoms with E-state index in [4.69, 9.17) is 0 Å². The second-order valence-corrected chi connectivity index (χ2v) is 8.74. The van der Waals surface area contributed by atoms with E-state index in [2.05, 4.69) is 10.6 Å². The number of carboxylic acid groups (broad SMARTS) is 1. The molecule has 1 unspecified atom stereocenters. The lowest BCUT2D eigenvalue weighted by molar-refractivity contribution is -0.142. The van der Waals surface area contributed by atoms with Gasteiger partial charge < -0.3 is 20.3 Å². The SMILES string of the molecule is CC(=O)N[C@@H](Cc1cn(C)c2ccccc12)C(=O)NC(CCC(C)(C)C)C(=O)O. The molecule has 0 saturated carbocycles. The molecule has 0 spiro atoms. The molecular weight excluding hydrogens is 370 g/mol. The van der Waals surface area contributed by atoms with Crippen molar-refractivity contribution in [1.29, 1.82) is 0 Å². The van der Waals surface area contributed by atoms with Crippen molar-refractivity contribution in [3.05, 3.63) is 36.0 Å². The first-order valence-corrected chi connectivity index (χ1v) is 9.81. The largest absolute Gasteiger partial charge is 0.480 e.